The van der Waals surface area contributed by atoms with E-state index in [1.165, 1.54) is 0 Å². The first kappa shape index (κ1) is 17.5. The van der Waals surface area contributed by atoms with Gasteiger partial charge in [0.05, 0.1) is 12.3 Å². The highest BCUT2D eigenvalue weighted by Gasteiger charge is 2.06. The molecule has 6 nitrogen and oxygen atoms in total. The van der Waals surface area contributed by atoms with E-state index in [1.54, 1.807) is 11.8 Å². The van der Waals surface area contributed by atoms with Crippen LogP contribution >= 0.6 is 11.8 Å². The standard InChI is InChI=1S/C16H23N5OS/c1-11(2)7-8-23-10-15(22)18-13-5-3-12(4-6-13)16-19-14(9-17)20-21-16/h3-6,11H,7-10,17H2,1-2H3,(H,18,22)(H,19,20,21). The summed E-state index contributed by atoms with van der Waals surface area (Å²) in [7, 11) is 0. The lowest BCUT2D eigenvalue weighted by Gasteiger charge is -2.06. The molecule has 0 atom stereocenters. The molecule has 2 rings (SSSR count). The zero-order valence-electron chi connectivity index (χ0n) is 13.5. The van der Waals surface area contributed by atoms with Crippen LogP contribution in [0.25, 0.3) is 11.4 Å². The molecule has 124 valence electrons. The van der Waals surface area contributed by atoms with Gasteiger partial charge in [0, 0.05) is 11.3 Å². The Morgan fingerprint density at radius 3 is 2.70 bits per heavy atom. The van der Waals surface area contributed by atoms with Crippen LogP contribution in [-0.4, -0.2) is 32.6 Å². The highest BCUT2D eigenvalue weighted by atomic mass is 32.2. The summed E-state index contributed by atoms with van der Waals surface area (Å²) in [5.74, 6) is 3.44. The Balaban J connectivity index is 1.83. The topological polar surface area (TPSA) is 96.7 Å². The van der Waals surface area contributed by atoms with Crippen molar-refractivity contribution in [1.29, 1.82) is 0 Å². The van der Waals surface area contributed by atoms with E-state index in [-0.39, 0.29) is 5.91 Å². The first-order valence-electron chi connectivity index (χ1n) is 7.68. The molecule has 1 aromatic carbocycles. The van der Waals surface area contributed by atoms with E-state index in [0.717, 1.165) is 23.4 Å². The molecular formula is C16H23N5OS. The van der Waals surface area contributed by atoms with Crippen LogP contribution in [0.1, 0.15) is 26.1 Å². The summed E-state index contributed by atoms with van der Waals surface area (Å²) >= 11 is 1.67. The number of thioether (sulfide) groups is 1. The lowest BCUT2D eigenvalue weighted by Crippen LogP contribution is -2.14. The Kier molecular flexibility index (Phi) is 6.61. The molecule has 0 fully saturated rings. The van der Waals surface area contributed by atoms with Gasteiger partial charge in [0.15, 0.2) is 5.82 Å². The number of nitrogens with zero attached hydrogens (tertiary/aromatic N) is 2. The Bertz CT molecular complexity index is 624. The highest BCUT2D eigenvalue weighted by molar-refractivity contribution is 7.99. The number of hydrogen-bond acceptors (Lipinski definition) is 5. The molecule has 23 heavy (non-hydrogen) atoms. The van der Waals surface area contributed by atoms with Crippen molar-refractivity contribution in [3.8, 4) is 11.4 Å². The predicted molar refractivity (Wildman–Crippen MR) is 95.1 cm³/mol. The van der Waals surface area contributed by atoms with Crippen molar-refractivity contribution >= 4 is 23.4 Å². The minimum atomic E-state index is 0.0230. The van der Waals surface area contributed by atoms with E-state index in [9.17, 15) is 4.79 Å². The lowest BCUT2D eigenvalue weighted by molar-refractivity contribution is -0.113. The average Bonchev–Trinajstić information content (AvgIpc) is 3.01. The molecule has 0 aliphatic rings. The van der Waals surface area contributed by atoms with Gasteiger partial charge in [0.2, 0.25) is 5.91 Å². The van der Waals surface area contributed by atoms with Gasteiger partial charge in [-0.25, -0.2) is 4.98 Å². The number of carbonyl (C=O) groups excluding carboxylic acids is 1. The maximum Gasteiger partial charge on any atom is 0.234 e. The fraction of sp³-hybridized carbons (Fsp3) is 0.438. The second kappa shape index (κ2) is 8.69. The van der Waals surface area contributed by atoms with Gasteiger partial charge in [0.25, 0.3) is 0 Å². The minimum Gasteiger partial charge on any atom is -0.325 e. The Morgan fingerprint density at radius 2 is 2.09 bits per heavy atom. The summed E-state index contributed by atoms with van der Waals surface area (Å²) in [6.07, 6.45) is 1.13. The zero-order valence-corrected chi connectivity index (χ0v) is 14.3. The van der Waals surface area contributed by atoms with E-state index in [0.29, 0.717) is 29.9 Å². The molecule has 0 spiro atoms. The number of H-pyrrole nitrogens is 1. The van der Waals surface area contributed by atoms with Crippen molar-refractivity contribution in [2.24, 2.45) is 11.7 Å². The number of anilines is 1. The summed E-state index contributed by atoms with van der Waals surface area (Å²) in [6.45, 7) is 4.70. The normalized spacial score (nSPS) is 11.0. The second-order valence-corrected chi connectivity index (χ2v) is 6.78. The molecule has 7 heteroatoms. The monoisotopic (exact) mass is 333 g/mol. The molecule has 0 saturated carbocycles. The van der Waals surface area contributed by atoms with Crippen LogP contribution < -0.4 is 11.1 Å². The molecule has 0 unspecified atom stereocenters. The molecule has 0 aliphatic carbocycles. The van der Waals surface area contributed by atoms with Gasteiger partial charge in [-0.15, -0.1) is 0 Å². The van der Waals surface area contributed by atoms with E-state index in [1.807, 2.05) is 24.3 Å². The van der Waals surface area contributed by atoms with Crippen LogP contribution in [0, 0.1) is 5.92 Å². The van der Waals surface area contributed by atoms with Gasteiger partial charge >= 0.3 is 0 Å². The van der Waals surface area contributed by atoms with Gasteiger partial charge in [-0.1, -0.05) is 13.8 Å². The van der Waals surface area contributed by atoms with Crippen molar-refractivity contribution in [1.82, 2.24) is 15.2 Å². The third-order valence-corrected chi connectivity index (χ3v) is 4.22. The SMILES string of the molecule is CC(C)CCSCC(=O)Nc1ccc(-c2n[nH]c(CN)n2)cc1. The smallest absolute Gasteiger partial charge is 0.234 e. The van der Waals surface area contributed by atoms with Crippen LogP contribution in [0.15, 0.2) is 24.3 Å². The van der Waals surface area contributed by atoms with Crippen LogP contribution in [-0.2, 0) is 11.3 Å². The molecule has 2 aromatic rings. The van der Waals surface area contributed by atoms with Crippen molar-refractivity contribution in [3.63, 3.8) is 0 Å². The van der Waals surface area contributed by atoms with E-state index in [2.05, 4.69) is 34.3 Å². The maximum absolute atomic E-state index is 11.9. The van der Waals surface area contributed by atoms with Crippen LogP contribution in [0.2, 0.25) is 0 Å². The molecule has 1 amide bonds. The molecule has 4 N–H and O–H groups in total. The van der Waals surface area contributed by atoms with Crippen molar-refractivity contribution in [3.05, 3.63) is 30.1 Å². The minimum absolute atomic E-state index is 0.0230. The number of nitrogens with two attached hydrogens (primary N) is 1. The number of hydrogen-bond donors (Lipinski definition) is 3. The lowest BCUT2D eigenvalue weighted by atomic mass is 10.2. The number of aromatic nitrogens is 3. The third-order valence-electron chi connectivity index (χ3n) is 3.22. The quantitative estimate of drug-likeness (QED) is 0.645. The van der Waals surface area contributed by atoms with E-state index in [4.69, 9.17) is 5.73 Å². The van der Waals surface area contributed by atoms with E-state index < -0.39 is 0 Å². The first-order valence-corrected chi connectivity index (χ1v) is 8.83. The number of rotatable bonds is 8. The molecule has 0 saturated heterocycles. The summed E-state index contributed by atoms with van der Waals surface area (Å²) in [5, 5.41) is 9.78. The van der Waals surface area contributed by atoms with Crippen LogP contribution in [0.3, 0.4) is 0 Å². The highest BCUT2D eigenvalue weighted by Crippen LogP contribution is 2.18. The Morgan fingerprint density at radius 1 is 1.35 bits per heavy atom. The fourth-order valence-corrected chi connectivity index (χ4v) is 2.94. The van der Waals surface area contributed by atoms with E-state index >= 15 is 0 Å². The average molecular weight is 333 g/mol. The van der Waals surface area contributed by atoms with Gasteiger partial charge in [-0.05, 0) is 42.4 Å². The number of benzene rings is 1. The molecule has 1 aromatic heterocycles. The molecular weight excluding hydrogens is 310 g/mol. The summed E-state index contributed by atoms with van der Waals surface area (Å²) < 4.78 is 0. The van der Waals surface area contributed by atoms with Crippen molar-refractivity contribution < 1.29 is 4.79 Å². The largest absolute Gasteiger partial charge is 0.325 e. The maximum atomic E-state index is 11.9. The third kappa shape index (κ3) is 5.69. The second-order valence-electron chi connectivity index (χ2n) is 5.67. The van der Waals surface area contributed by atoms with Gasteiger partial charge in [-0.3, -0.25) is 9.89 Å². The number of carbonyl (C=O) groups is 1. The number of aromatic amines is 1. The first-order chi connectivity index (χ1) is 11.1. The van der Waals surface area contributed by atoms with Crippen LogP contribution in [0.4, 0.5) is 5.69 Å². The van der Waals surface area contributed by atoms with Gasteiger partial charge in [0.1, 0.15) is 5.82 Å². The molecule has 1 heterocycles. The Hall–Kier alpha value is -1.86. The Labute approximate surface area is 140 Å². The zero-order chi connectivity index (χ0) is 16.7. The van der Waals surface area contributed by atoms with Gasteiger partial charge < -0.3 is 11.1 Å². The van der Waals surface area contributed by atoms with Crippen molar-refractivity contribution in [2.75, 3.05) is 16.8 Å². The summed E-state index contributed by atoms with van der Waals surface area (Å²) in [6, 6.07) is 7.46. The molecule has 0 bridgehead atoms. The summed E-state index contributed by atoms with van der Waals surface area (Å²) in [4.78, 5) is 16.2. The number of amides is 1. The predicted octanol–water partition coefficient (Wildman–Crippen LogP) is 2.65. The van der Waals surface area contributed by atoms with Gasteiger partial charge in [-0.2, -0.15) is 16.9 Å². The van der Waals surface area contributed by atoms with Crippen LogP contribution in [0.5, 0.6) is 0 Å². The summed E-state index contributed by atoms with van der Waals surface area (Å²) in [5.41, 5.74) is 7.16. The fourth-order valence-electron chi connectivity index (χ4n) is 1.90. The number of nitrogens with one attached hydrogen (secondary N) is 2. The molecule has 0 radical (unpaired) electrons. The molecule has 0 aliphatic heterocycles. The van der Waals surface area contributed by atoms with Crippen molar-refractivity contribution in [2.45, 2.75) is 26.8 Å².